The van der Waals surface area contributed by atoms with Crippen molar-refractivity contribution >= 4 is 34.8 Å². The molecule has 7 heteroatoms. The lowest BCUT2D eigenvalue weighted by Crippen LogP contribution is -2.54. The Kier molecular flexibility index (Phi) is 5.53. The molecule has 26 heavy (non-hydrogen) atoms. The Labute approximate surface area is 163 Å². The molecule has 2 saturated heterocycles. The molecule has 0 N–H and O–H groups in total. The summed E-state index contributed by atoms with van der Waals surface area (Å²) < 4.78 is 6.13. The van der Waals surface area contributed by atoms with Crippen molar-refractivity contribution in [2.24, 2.45) is 5.92 Å². The largest absolute Gasteiger partial charge is 0.381 e. The van der Waals surface area contributed by atoms with Gasteiger partial charge in [0, 0.05) is 44.3 Å². The normalized spacial score (nSPS) is 22.4. The zero-order valence-electron chi connectivity index (χ0n) is 14.9. The van der Waals surface area contributed by atoms with E-state index < -0.39 is 0 Å². The maximum absolute atomic E-state index is 12.9. The van der Waals surface area contributed by atoms with E-state index in [1.165, 1.54) is 11.3 Å². The van der Waals surface area contributed by atoms with E-state index in [-0.39, 0.29) is 17.9 Å². The molecule has 1 aromatic heterocycles. The highest BCUT2D eigenvalue weighted by Crippen LogP contribution is 2.35. The number of likely N-dealkylation sites (tertiary alicyclic amines) is 1. The molecule has 3 aliphatic rings. The maximum Gasteiger partial charge on any atom is 0.263 e. The number of hydrogen-bond donors (Lipinski definition) is 0. The zero-order valence-corrected chi connectivity index (χ0v) is 16.4. The van der Waals surface area contributed by atoms with E-state index >= 15 is 0 Å². The van der Waals surface area contributed by atoms with E-state index in [9.17, 15) is 9.59 Å². The summed E-state index contributed by atoms with van der Waals surface area (Å²) >= 11 is 7.29. The van der Waals surface area contributed by atoms with Crippen molar-refractivity contribution in [3.05, 3.63) is 21.3 Å². The summed E-state index contributed by atoms with van der Waals surface area (Å²) in [7, 11) is 0. The monoisotopic (exact) mass is 396 g/mol. The Bertz CT molecular complexity index is 661. The van der Waals surface area contributed by atoms with Crippen LogP contribution in [0, 0.1) is 5.92 Å². The van der Waals surface area contributed by atoms with Crippen LogP contribution in [0.5, 0.6) is 0 Å². The summed E-state index contributed by atoms with van der Waals surface area (Å²) in [4.78, 5) is 30.3. The fraction of sp³-hybridized carbons (Fsp3) is 0.684. The van der Waals surface area contributed by atoms with Crippen LogP contribution in [0.15, 0.2) is 12.1 Å². The Hall–Kier alpha value is -1.11. The van der Waals surface area contributed by atoms with Gasteiger partial charge >= 0.3 is 0 Å². The molecule has 1 aliphatic carbocycles. The maximum atomic E-state index is 12.9. The number of thiophene rings is 1. The number of piperidine rings is 1. The van der Waals surface area contributed by atoms with Crippen LogP contribution in [0.4, 0.5) is 0 Å². The number of rotatable bonds is 4. The van der Waals surface area contributed by atoms with Gasteiger partial charge in [0.15, 0.2) is 0 Å². The first-order valence-corrected chi connectivity index (χ1v) is 10.8. The third kappa shape index (κ3) is 3.92. The number of carbonyl (C=O) groups excluding carboxylic acids is 2. The third-order valence-electron chi connectivity index (χ3n) is 5.69. The number of halogens is 1. The lowest BCUT2D eigenvalue weighted by molar-refractivity contribution is -0.141. The van der Waals surface area contributed by atoms with Crippen LogP contribution in [-0.4, -0.2) is 60.0 Å². The number of nitrogens with zero attached hydrogens (tertiary/aromatic N) is 2. The summed E-state index contributed by atoms with van der Waals surface area (Å²) in [6, 6.07) is 4.13. The van der Waals surface area contributed by atoms with Crippen molar-refractivity contribution in [2.45, 2.75) is 50.6 Å². The summed E-state index contributed by atoms with van der Waals surface area (Å²) in [6.07, 6.45) is 5.67. The van der Waals surface area contributed by atoms with E-state index in [1.807, 2.05) is 4.90 Å². The first kappa shape index (κ1) is 18.3. The van der Waals surface area contributed by atoms with E-state index in [0.29, 0.717) is 34.3 Å². The average Bonchev–Trinajstić information content (AvgIpc) is 3.44. The van der Waals surface area contributed by atoms with Gasteiger partial charge in [-0.1, -0.05) is 11.6 Å². The topological polar surface area (TPSA) is 49.9 Å². The molecule has 0 unspecified atom stereocenters. The predicted molar refractivity (Wildman–Crippen MR) is 102 cm³/mol. The predicted octanol–water partition coefficient (Wildman–Crippen LogP) is 3.42. The molecule has 0 bridgehead atoms. The highest BCUT2D eigenvalue weighted by atomic mass is 35.5. The first-order chi connectivity index (χ1) is 12.6. The van der Waals surface area contributed by atoms with Crippen LogP contribution in [0.25, 0.3) is 0 Å². The fourth-order valence-corrected chi connectivity index (χ4v) is 5.11. The van der Waals surface area contributed by atoms with Crippen LogP contribution in [0.1, 0.15) is 48.2 Å². The molecule has 2 amide bonds. The second kappa shape index (κ2) is 7.87. The summed E-state index contributed by atoms with van der Waals surface area (Å²) in [5.41, 5.74) is 0. The average molecular weight is 397 g/mol. The van der Waals surface area contributed by atoms with Crippen molar-refractivity contribution in [2.75, 3.05) is 26.3 Å². The number of hydrogen-bond acceptors (Lipinski definition) is 4. The number of amides is 2. The van der Waals surface area contributed by atoms with Crippen molar-refractivity contribution in [1.82, 2.24) is 9.80 Å². The summed E-state index contributed by atoms with van der Waals surface area (Å²) in [5, 5.41) is 0. The molecule has 0 spiro atoms. The van der Waals surface area contributed by atoms with Crippen LogP contribution >= 0.6 is 22.9 Å². The molecule has 5 nitrogen and oxygen atoms in total. The minimum Gasteiger partial charge on any atom is -0.381 e. The van der Waals surface area contributed by atoms with Gasteiger partial charge in [0.1, 0.15) is 0 Å². The van der Waals surface area contributed by atoms with Crippen LogP contribution in [0.2, 0.25) is 4.34 Å². The molecule has 0 atom stereocenters. The van der Waals surface area contributed by atoms with E-state index in [2.05, 4.69) is 4.90 Å². The molecular weight excluding hydrogens is 372 g/mol. The summed E-state index contributed by atoms with van der Waals surface area (Å²) in [6.45, 7) is 2.90. The molecule has 2 aliphatic heterocycles. The van der Waals surface area contributed by atoms with Gasteiger partial charge in [0.25, 0.3) is 5.91 Å². The highest BCUT2D eigenvalue weighted by Gasteiger charge is 2.41. The second-order valence-corrected chi connectivity index (χ2v) is 9.21. The van der Waals surface area contributed by atoms with Gasteiger partial charge in [0.05, 0.1) is 9.21 Å². The smallest absolute Gasteiger partial charge is 0.263 e. The molecule has 1 aromatic rings. The van der Waals surface area contributed by atoms with Gasteiger partial charge in [-0.25, -0.2) is 0 Å². The zero-order chi connectivity index (χ0) is 18.1. The quantitative estimate of drug-likeness (QED) is 0.783. The molecule has 0 radical (unpaired) electrons. The Morgan fingerprint density at radius 1 is 1.04 bits per heavy atom. The van der Waals surface area contributed by atoms with Crippen molar-refractivity contribution < 1.29 is 14.3 Å². The minimum atomic E-state index is 0.0616. The Morgan fingerprint density at radius 3 is 2.27 bits per heavy atom. The van der Waals surface area contributed by atoms with E-state index in [0.717, 1.165) is 51.7 Å². The van der Waals surface area contributed by atoms with Crippen LogP contribution in [0.3, 0.4) is 0 Å². The molecule has 0 aromatic carbocycles. The standard InChI is InChI=1S/C19H25ClN2O3S/c20-17-4-3-16(26-17)19(24)21-9-5-14(6-10-21)22(18(23)13-1-2-13)15-7-11-25-12-8-15/h3-4,13-15H,1-2,5-12H2. The minimum absolute atomic E-state index is 0.0616. The molecular formula is C19H25ClN2O3S. The SMILES string of the molecule is O=C(c1ccc(Cl)s1)N1CCC(N(C(=O)C2CC2)C2CCOCC2)CC1. The Balaban J connectivity index is 1.40. The lowest BCUT2D eigenvalue weighted by atomic mass is 9.97. The molecule has 3 fully saturated rings. The number of carbonyl (C=O) groups is 2. The van der Waals surface area contributed by atoms with Crippen molar-refractivity contribution in [3.63, 3.8) is 0 Å². The van der Waals surface area contributed by atoms with Crippen molar-refractivity contribution in [1.29, 1.82) is 0 Å². The van der Waals surface area contributed by atoms with Gasteiger partial charge in [-0.2, -0.15) is 0 Å². The Morgan fingerprint density at radius 2 is 1.69 bits per heavy atom. The molecule has 4 rings (SSSR count). The lowest BCUT2D eigenvalue weighted by Gasteiger charge is -2.43. The van der Waals surface area contributed by atoms with E-state index in [4.69, 9.17) is 16.3 Å². The fourth-order valence-electron chi connectivity index (χ4n) is 4.09. The van der Waals surface area contributed by atoms with Crippen molar-refractivity contribution in [3.8, 4) is 0 Å². The first-order valence-electron chi connectivity index (χ1n) is 9.58. The van der Waals surface area contributed by atoms with Gasteiger partial charge in [-0.05, 0) is 50.7 Å². The molecule has 3 heterocycles. The summed E-state index contributed by atoms with van der Waals surface area (Å²) in [5.74, 6) is 0.643. The number of ether oxygens (including phenoxy) is 1. The molecule has 142 valence electrons. The molecule has 1 saturated carbocycles. The van der Waals surface area contributed by atoms with Crippen LogP contribution in [-0.2, 0) is 9.53 Å². The van der Waals surface area contributed by atoms with Gasteiger partial charge < -0.3 is 14.5 Å². The van der Waals surface area contributed by atoms with Gasteiger partial charge in [0.2, 0.25) is 5.91 Å². The van der Waals surface area contributed by atoms with Gasteiger partial charge in [-0.3, -0.25) is 9.59 Å². The highest BCUT2D eigenvalue weighted by molar-refractivity contribution is 7.17. The van der Waals surface area contributed by atoms with Gasteiger partial charge in [-0.15, -0.1) is 11.3 Å². The van der Waals surface area contributed by atoms with Crippen LogP contribution < -0.4 is 0 Å². The second-order valence-electron chi connectivity index (χ2n) is 7.49. The van der Waals surface area contributed by atoms with E-state index in [1.54, 1.807) is 12.1 Å². The third-order valence-corrected chi connectivity index (χ3v) is 6.91.